The van der Waals surface area contributed by atoms with Crippen LogP contribution in [0, 0.1) is 11.8 Å². The quantitative estimate of drug-likeness (QED) is 0.358. The van der Waals surface area contributed by atoms with Crippen molar-refractivity contribution in [3.8, 4) is 5.75 Å². The van der Waals surface area contributed by atoms with Crippen LogP contribution in [-0.4, -0.2) is 76.6 Å². The van der Waals surface area contributed by atoms with Gasteiger partial charge in [-0.25, -0.2) is 4.79 Å². The van der Waals surface area contributed by atoms with Gasteiger partial charge in [-0.05, 0) is 69.6 Å². The number of nitrogens with one attached hydrogen (secondary N) is 1. The lowest BCUT2D eigenvalue weighted by atomic mass is 9.84. The number of ether oxygens (including phenoxy) is 2. The molecule has 0 bridgehead atoms. The molecule has 232 valence electrons. The molecule has 11 heteroatoms. The Labute approximate surface area is 254 Å². The first kappa shape index (κ1) is 32.0. The normalized spacial score (nSPS) is 17.8. The van der Waals surface area contributed by atoms with E-state index in [4.69, 9.17) is 14.0 Å². The van der Waals surface area contributed by atoms with Crippen molar-refractivity contribution in [2.24, 2.45) is 11.8 Å². The number of alkyl carbamates (subject to hydrolysis) is 1. The van der Waals surface area contributed by atoms with Gasteiger partial charge in [0.15, 0.2) is 5.82 Å². The van der Waals surface area contributed by atoms with Gasteiger partial charge in [-0.15, -0.1) is 11.8 Å². The van der Waals surface area contributed by atoms with Gasteiger partial charge in [-0.3, -0.25) is 4.79 Å². The Morgan fingerprint density at radius 1 is 1.12 bits per heavy atom. The minimum Gasteiger partial charge on any atom is -0.494 e. The van der Waals surface area contributed by atoms with Crippen LogP contribution in [0.1, 0.15) is 78.1 Å². The average Bonchev–Trinajstić information content (AvgIpc) is 3.65. The second kappa shape index (κ2) is 14.5. The van der Waals surface area contributed by atoms with E-state index in [-0.39, 0.29) is 11.8 Å². The Hall–Kier alpha value is -2.95. The van der Waals surface area contributed by atoms with Gasteiger partial charge >= 0.3 is 12.1 Å². The molecule has 4 rings (SSSR count). The smallest absolute Gasteiger partial charge is 0.408 e. The van der Waals surface area contributed by atoms with Crippen LogP contribution in [0.2, 0.25) is 0 Å². The number of thioether (sulfide) groups is 1. The van der Waals surface area contributed by atoms with Gasteiger partial charge in [0.2, 0.25) is 5.91 Å². The molecule has 0 spiro atoms. The van der Waals surface area contributed by atoms with Crippen molar-refractivity contribution in [3.05, 3.63) is 35.7 Å². The van der Waals surface area contributed by atoms with Crippen LogP contribution in [0.25, 0.3) is 0 Å². The summed E-state index contributed by atoms with van der Waals surface area (Å²) in [6, 6.07) is 7.76. The molecule has 0 unspecified atom stereocenters. The van der Waals surface area contributed by atoms with E-state index in [0.717, 1.165) is 55.2 Å². The number of anilines is 1. The van der Waals surface area contributed by atoms with Crippen molar-refractivity contribution in [2.75, 3.05) is 42.8 Å². The molecule has 1 aromatic carbocycles. The topological polar surface area (TPSA) is 110 Å². The fourth-order valence-corrected chi connectivity index (χ4v) is 6.22. The van der Waals surface area contributed by atoms with E-state index < -0.39 is 17.7 Å². The molecule has 0 saturated carbocycles. The SMILES string of the molecule is CC(C)c1noc(N2CCC([C@H](C)CCOc3ccc(C[C@H](NC(=O)OC(C)(C)C)C(=O)N4CCSC4)cc3)CC2)n1. The third kappa shape index (κ3) is 9.28. The molecule has 2 amide bonds. The Balaban J connectivity index is 1.23. The van der Waals surface area contributed by atoms with Gasteiger partial charge in [-0.2, -0.15) is 4.98 Å². The summed E-state index contributed by atoms with van der Waals surface area (Å²) in [6.45, 7) is 15.1. The van der Waals surface area contributed by atoms with Crippen molar-refractivity contribution < 1.29 is 23.6 Å². The summed E-state index contributed by atoms with van der Waals surface area (Å²) in [7, 11) is 0. The predicted molar refractivity (Wildman–Crippen MR) is 165 cm³/mol. The van der Waals surface area contributed by atoms with E-state index in [1.807, 2.05) is 45.0 Å². The molecule has 1 N–H and O–H groups in total. The number of benzene rings is 1. The minimum absolute atomic E-state index is 0.0802. The summed E-state index contributed by atoms with van der Waals surface area (Å²) in [4.78, 5) is 34.2. The Bertz CT molecular complexity index is 1150. The van der Waals surface area contributed by atoms with Crippen molar-refractivity contribution >= 4 is 29.8 Å². The molecule has 3 heterocycles. The molecule has 1 aromatic heterocycles. The van der Waals surface area contributed by atoms with E-state index in [2.05, 4.69) is 41.1 Å². The van der Waals surface area contributed by atoms with Crippen LogP contribution in [0.15, 0.2) is 28.8 Å². The second-order valence-electron chi connectivity index (χ2n) is 12.7. The van der Waals surface area contributed by atoms with E-state index in [0.29, 0.717) is 43.3 Å². The molecule has 0 aliphatic carbocycles. The Kier molecular flexibility index (Phi) is 11.0. The van der Waals surface area contributed by atoms with Gasteiger partial charge in [0, 0.05) is 37.7 Å². The Morgan fingerprint density at radius 2 is 1.83 bits per heavy atom. The number of carbonyl (C=O) groups excluding carboxylic acids is 2. The molecule has 2 aliphatic heterocycles. The number of nitrogens with zero attached hydrogens (tertiary/aromatic N) is 4. The maximum atomic E-state index is 13.2. The first-order valence-corrected chi connectivity index (χ1v) is 16.3. The highest BCUT2D eigenvalue weighted by Crippen LogP contribution is 2.30. The van der Waals surface area contributed by atoms with Crippen molar-refractivity contribution in [1.29, 1.82) is 0 Å². The first-order valence-electron chi connectivity index (χ1n) is 15.1. The maximum Gasteiger partial charge on any atom is 0.408 e. The van der Waals surface area contributed by atoms with E-state index in [1.165, 1.54) is 0 Å². The number of rotatable bonds is 11. The van der Waals surface area contributed by atoms with Gasteiger partial charge < -0.3 is 29.1 Å². The van der Waals surface area contributed by atoms with Gasteiger partial charge in [0.05, 0.1) is 12.5 Å². The van der Waals surface area contributed by atoms with Gasteiger partial charge in [0.1, 0.15) is 17.4 Å². The van der Waals surface area contributed by atoms with Crippen molar-refractivity contribution in [1.82, 2.24) is 20.4 Å². The maximum absolute atomic E-state index is 13.2. The molecular formula is C31H47N5O5S. The molecular weight excluding hydrogens is 554 g/mol. The highest BCUT2D eigenvalue weighted by molar-refractivity contribution is 7.99. The lowest BCUT2D eigenvalue weighted by molar-refractivity contribution is -0.132. The Morgan fingerprint density at radius 3 is 2.43 bits per heavy atom. The monoisotopic (exact) mass is 601 g/mol. The summed E-state index contributed by atoms with van der Waals surface area (Å²) < 4.78 is 17.0. The van der Waals surface area contributed by atoms with Gasteiger partial charge in [0.25, 0.3) is 0 Å². The summed E-state index contributed by atoms with van der Waals surface area (Å²) in [5, 5.41) is 6.90. The molecule has 10 nitrogen and oxygen atoms in total. The average molecular weight is 602 g/mol. The fraction of sp³-hybridized carbons (Fsp3) is 0.677. The third-order valence-corrected chi connectivity index (χ3v) is 8.79. The summed E-state index contributed by atoms with van der Waals surface area (Å²) in [5.74, 6) is 4.49. The van der Waals surface area contributed by atoms with Crippen LogP contribution in [0.3, 0.4) is 0 Å². The zero-order valence-electron chi connectivity index (χ0n) is 25.9. The zero-order chi connectivity index (χ0) is 30.3. The molecule has 2 aromatic rings. The van der Waals surface area contributed by atoms with E-state index >= 15 is 0 Å². The van der Waals surface area contributed by atoms with E-state index in [9.17, 15) is 9.59 Å². The number of piperidine rings is 1. The zero-order valence-corrected chi connectivity index (χ0v) is 26.7. The number of hydrogen-bond acceptors (Lipinski definition) is 9. The fourth-order valence-electron chi connectivity index (χ4n) is 5.26. The van der Waals surface area contributed by atoms with Gasteiger partial charge in [-0.1, -0.05) is 38.1 Å². The lowest BCUT2D eigenvalue weighted by Gasteiger charge is -2.33. The number of carbonyl (C=O) groups is 2. The second-order valence-corrected chi connectivity index (χ2v) is 13.8. The van der Waals surface area contributed by atoms with Crippen LogP contribution in [0.5, 0.6) is 5.75 Å². The largest absolute Gasteiger partial charge is 0.494 e. The molecule has 0 radical (unpaired) electrons. The summed E-state index contributed by atoms with van der Waals surface area (Å²) in [6.07, 6.45) is 2.99. The lowest BCUT2D eigenvalue weighted by Crippen LogP contribution is -2.50. The molecule has 2 atom stereocenters. The predicted octanol–water partition coefficient (Wildman–Crippen LogP) is 5.48. The summed E-state index contributed by atoms with van der Waals surface area (Å²) >= 11 is 1.72. The first-order chi connectivity index (χ1) is 20.0. The number of amides is 2. The standard InChI is InChI=1S/C31H47N5O5S/c1-21(2)27-33-29(41-34-27)35-14-11-24(12-15-35)22(3)13-17-39-25-9-7-23(8-10-25)19-26(28(37)36-16-18-42-20-36)32-30(38)40-31(4,5)6/h7-10,21-22,24,26H,11-20H2,1-6H3,(H,32,38)/t22-,26+/m1/s1. The van der Waals surface area contributed by atoms with Crippen LogP contribution >= 0.6 is 11.8 Å². The minimum atomic E-state index is -0.685. The molecule has 42 heavy (non-hydrogen) atoms. The van der Waals surface area contributed by atoms with Crippen LogP contribution < -0.4 is 15.0 Å². The highest BCUT2D eigenvalue weighted by atomic mass is 32.2. The highest BCUT2D eigenvalue weighted by Gasteiger charge is 2.30. The summed E-state index contributed by atoms with van der Waals surface area (Å²) in [5.41, 5.74) is 0.312. The number of hydrogen-bond donors (Lipinski definition) is 1. The van der Waals surface area contributed by atoms with E-state index in [1.54, 1.807) is 16.7 Å². The number of aromatic nitrogens is 2. The van der Waals surface area contributed by atoms with Crippen molar-refractivity contribution in [3.63, 3.8) is 0 Å². The van der Waals surface area contributed by atoms with Crippen LogP contribution in [0.4, 0.5) is 10.8 Å². The van der Waals surface area contributed by atoms with Crippen molar-refractivity contribution in [2.45, 2.75) is 84.8 Å². The molecule has 2 aliphatic rings. The third-order valence-electron chi connectivity index (χ3n) is 7.82. The van der Waals surface area contributed by atoms with Crippen LogP contribution in [-0.2, 0) is 16.0 Å². The molecule has 2 saturated heterocycles. The molecule has 2 fully saturated rings.